The van der Waals surface area contributed by atoms with Crippen LogP contribution in [0.1, 0.15) is 63.5 Å². The second-order valence-electron chi connectivity index (χ2n) is 5.95. The van der Waals surface area contributed by atoms with Gasteiger partial charge in [-0.2, -0.15) is 0 Å². The summed E-state index contributed by atoms with van der Waals surface area (Å²) < 4.78 is 5.40. The molecule has 1 aromatic rings. The molecule has 1 heterocycles. The highest BCUT2D eigenvalue weighted by molar-refractivity contribution is 5.79. The molecule has 0 aliphatic heterocycles. The highest BCUT2D eigenvalue weighted by Gasteiger charge is 2.20. The fourth-order valence-corrected chi connectivity index (χ4v) is 2.62. The third-order valence-corrected chi connectivity index (χ3v) is 4.12. The molecule has 0 saturated heterocycles. The minimum Gasteiger partial charge on any atom is -0.361 e. The normalized spacial score (nSPS) is 15.1. The molecule has 1 saturated carbocycles. The van der Waals surface area contributed by atoms with Crippen molar-refractivity contribution in [1.29, 1.82) is 0 Å². The molecule has 1 aromatic heterocycles. The second-order valence-corrected chi connectivity index (χ2v) is 5.95. The van der Waals surface area contributed by atoms with Crippen LogP contribution in [0.5, 0.6) is 0 Å². The van der Waals surface area contributed by atoms with Gasteiger partial charge >= 0.3 is 0 Å². The van der Waals surface area contributed by atoms with E-state index in [0.717, 1.165) is 54.8 Å². The van der Waals surface area contributed by atoms with Gasteiger partial charge in [-0.05, 0) is 32.1 Å². The van der Waals surface area contributed by atoms with Gasteiger partial charge < -0.3 is 15.2 Å². The molecule has 124 valence electrons. The van der Waals surface area contributed by atoms with Crippen molar-refractivity contribution < 1.29 is 4.52 Å². The van der Waals surface area contributed by atoms with Gasteiger partial charge in [-0.25, -0.2) is 4.99 Å². The maximum atomic E-state index is 5.40. The van der Waals surface area contributed by atoms with Crippen LogP contribution in [0.2, 0.25) is 0 Å². The van der Waals surface area contributed by atoms with E-state index < -0.39 is 0 Å². The van der Waals surface area contributed by atoms with Crippen LogP contribution in [-0.2, 0) is 19.4 Å². The lowest BCUT2D eigenvalue weighted by atomic mass is 10.1. The van der Waals surface area contributed by atoms with E-state index in [1.165, 1.54) is 25.7 Å². The van der Waals surface area contributed by atoms with Gasteiger partial charge in [0.1, 0.15) is 5.76 Å². The van der Waals surface area contributed by atoms with Gasteiger partial charge in [-0.3, -0.25) is 0 Å². The van der Waals surface area contributed by atoms with Crippen LogP contribution in [0.3, 0.4) is 0 Å². The molecule has 2 N–H and O–H groups in total. The molecule has 0 spiro atoms. The van der Waals surface area contributed by atoms with E-state index in [4.69, 9.17) is 9.52 Å². The van der Waals surface area contributed by atoms with E-state index in [-0.39, 0.29) is 0 Å². The number of aromatic nitrogens is 1. The number of hydrogen-bond acceptors (Lipinski definition) is 3. The summed E-state index contributed by atoms with van der Waals surface area (Å²) in [5, 5.41) is 10.9. The Bertz CT molecular complexity index is 456. The Hall–Kier alpha value is -1.52. The number of aryl methyl sites for hydroxylation is 2. The van der Waals surface area contributed by atoms with Crippen molar-refractivity contribution in [2.75, 3.05) is 13.1 Å². The van der Waals surface area contributed by atoms with Gasteiger partial charge in [-0.1, -0.05) is 31.8 Å². The van der Waals surface area contributed by atoms with Crippen LogP contribution >= 0.6 is 0 Å². The molecule has 1 aliphatic carbocycles. The molecule has 0 atom stereocenters. The van der Waals surface area contributed by atoms with Gasteiger partial charge in [0.2, 0.25) is 0 Å². The third-order valence-electron chi connectivity index (χ3n) is 4.12. The van der Waals surface area contributed by atoms with Crippen LogP contribution in [0.25, 0.3) is 0 Å². The number of nitrogens with one attached hydrogen (secondary N) is 2. The molecule has 0 unspecified atom stereocenters. The number of hydrogen-bond donors (Lipinski definition) is 2. The zero-order chi connectivity index (χ0) is 15.8. The average Bonchev–Trinajstić information content (AvgIpc) is 3.27. The molecule has 1 fully saturated rings. The maximum absolute atomic E-state index is 5.40. The summed E-state index contributed by atoms with van der Waals surface area (Å²) in [6.07, 6.45) is 7.19. The van der Waals surface area contributed by atoms with Gasteiger partial charge in [0.15, 0.2) is 5.96 Å². The molecule has 0 bridgehead atoms. The minimum atomic E-state index is 0.633. The topological polar surface area (TPSA) is 62.5 Å². The number of rotatable bonds is 9. The minimum absolute atomic E-state index is 0.633. The third kappa shape index (κ3) is 5.04. The highest BCUT2D eigenvalue weighted by Crippen LogP contribution is 2.33. The highest BCUT2D eigenvalue weighted by atomic mass is 16.5. The van der Waals surface area contributed by atoms with E-state index in [2.05, 4.69) is 36.6 Å². The Morgan fingerprint density at radius 1 is 1.23 bits per heavy atom. The van der Waals surface area contributed by atoms with E-state index in [9.17, 15) is 0 Å². The van der Waals surface area contributed by atoms with Crippen molar-refractivity contribution in [2.24, 2.45) is 10.9 Å². The van der Waals surface area contributed by atoms with Crippen molar-refractivity contribution in [3.8, 4) is 0 Å². The predicted molar refractivity (Wildman–Crippen MR) is 90.0 cm³/mol. The monoisotopic (exact) mass is 306 g/mol. The Morgan fingerprint density at radius 3 is 2.68 bits per heavy atom. The molecule has 1 aliphatic rings. The predicted octanol–water partition coefficient (Wildman–Crippen LogP) is 3.04. The van der Waals surface area contributed by atoms with Crippen molar-refractivity contribution in [1.82, 2.24) is 15.8 Å². The summed E-state index contributed by atoms with van der Waals surface area (Å²) in [7, 11) is 0. The van der Waals surface area contributed by atoms with Crippen molar-refractivity contribution in [3.63, 3.8) is 0 Å². The van der Waals surface area contributed by atoms with E-state index >= 15 is 0 Å². The van der Waals surface area contributed by atoms with Gasteiger partial charge in [0, 0.05) is 25.1 Å². The summed E-state index contributed by atoms with van der Waals surface area (Å²) >= 11 is 0. The van der Waals surface area contributed by atoms with E-state index in [1.807, 2.05) is 0 Å². The Labute approximate surface area is 133 Å². The zero-order valence-corrected chi connectivity index (χ0v) is 14.2. The number of nitrogens with zero attached hydrogens (tertiary/aromatic N) is 2. The molecular formula is C17H30N4O. The first-order valence-electron chi connectivity index (χ1n) is 8.76. The van der Waals surface area contributed by atoms with E-state index in [0.29, 0.717) is 6.54 Å². The van der Waals surface area contributed by atoms with Crippen molar-refractivity contribution in [2.45, 2.75) is 65.8 Å². The summed E-state index contributed by atoms with van der Waals surface area (Å²) in [4.78, 5) is 4.70. The molecule has 22 heavy (non-hydrogen) atoms. The molecule has 0 aromatic carbocycles. The first-order valence-corrected chi connectivity index (χ1v) is 8.76. The van der Waals surface area contributed by atoms with Crippen LogP contribution in [0.15, 0.2) is 9.52 Å². The second kappa shape index (κ2) is 8.81. The SMILES string of the molecule is CCNC(=NCc1c(CC)noc1CC)NCCCC1CC1. The Balaban J connectivity index is 1.88. The molecule has 5 nitrogen and oxygen atoms in total. The summed E-state index contributed by atoms with van der Waals surface area (Å²) in [6.45, 7) is 8.79. The molecule has 2 rings (SSSR count). The fraction of sp³-hybridized carbons (Fsp3) is 0.765. The lowest BCUT2D eigenvalue weighted by Crippen LogP contribution is -2.37. The summed E-state index contributed by atoms with van der Waals surface area (Å²) in [5.74, 6) is 2.85. The maximum Gasteiger partial charge on any atom is 0.191 e. The standard InChI is InChI=1S/C17H30N4O/c1-4-15-14(16(5-2)22-21-15)12-20-17(18-6-3)19-11-7-8-13-9-10-13/h13H,4-12H2,1-3H3,(H2,18,19,20). The molecule has 0 radical (unpaired) electrons. The van der Waals surface area contributed by atoms with Gasteiger partial charge in [-0.15, -0.1) is 0 Å². The first kappa shape index (κ1) is 16.8. The first-order chi connectivity index (χ1) is 10.8. The van der Waals surface area contributed by atoms with Crippen LogP contribution in [0, 0.1) is 5.92 Å². The lowest BCUT2D eigenvalue weighted by molar-refractivity contribution is 0.380. The average molecular weight is 306 g/mol. The number of aliphatic imine (C=N–C) groups is 1. The van der Waals surface area contributed by atoms with Crippen LogP contribution < -0.4 is 10.6 Å². The van der Waals surface area contributed by atoms with Gasteiger partial charge in [0.25, 0.3) is 0 Å². The number of guanidine groups is 1. The van der Waals surface area contributed by atoms with Crippen molar-refractivity contribution in [3.05, 3.63) is 17.0 Å². The summed E-state index contributed by atoms with van der Waals surface area (Å²) in [5.41, 5.74) is 2.19. The summed E-state index contributed by atoms with van der Waals surface area (Å²) in [6, 6.07) is 0. The van der Waals surface area contributed by atoms with Crippen molar-refractivity contribution >= 4 is 5.96 Å². The van der Waals surface area contributed by atoms with Crippen LogP contribution in [0.4, 0.5) is 0 Å². The fourth-order valence-electron chi connectivity index (χ4n) is 2.62. The Morgan fingerprint density at radius 2 is 2.05 bits per heavy atom. The zero-order valence-electron chi connectivity index (χ0n) is 14.2. The quantitative estimate of drug-likeness (QED) is 0.418. The lowest BCUT2D eigenvalue weighted by Gasteiger charge is -2.11. The van der Waals surface area contributed by atoms with Crippen LogP contribution in [-0.4, -0.2) is 24.2 Å². The molecule has 5 heteroatoms. The largest absolute Gasteiger partial charge is 0.361 e. The van der Waals surface area contributed by atoms with E-state index in [1.54, 1.807) is 0 Å². The van der Waals surface area contributed by atoms with Gasteiger partial charge in [0.05, 0.1) is 12.2 Å². The molecule has 0 amide bonds. The molecular weight excluding hydrogens is 276 g/mol. The smallest absolute Gasteiger partial charge is 0.191 e. The Kier molecular flexibility index (Phi) is 6.74.